The molecule has 0 radical (unpaired) electrons. The highest BCUT2D eigenvalue weighted by Crippen LogP contribution is 2.55. The zero-order valence-corrected chi connectivity index (χ0v) is 20.9. The van der Waals surface area contributed by atoms with E-state index in [0.29, 0.717) is 0 Å². The minimum Gasteiger partial charge on any atom is -0.457 e. The summed E-state index contributed by atoms with van der Waals surface area (Å²) >= 11 is 0. The molecule has 0 saturated carbocycles. The molecule has 2 aliphatic rings. The lowest BCUT2D eigenvalue weighted by molar-refractivity contribution is 0.427. The van der Waals surface area contributed by atoms with Gasteiger partial charge in [0.1, 0.15) is 11.5 Å². The van der Waals surface area contributed by atoms with E-state index in [4.69, 9.17) is 4.74 Å². The SMILES string of the molecule is CC1(C)c2ccccc2-c2cccc(-c3ccc4c(c3)Oc3ccccc3C4(C)c3ccccc3)c21. The van der Waals surface area contributed by atoms with Crippen LogP contribution in [0.2, 0.25) is 0 Å². The molecular formula is C35H28O. The van der Waals surface area contributed by atoms with Gasteiger partial charge >= 0.3 is 0 Å². The first kappa shape index (κ1) is 21.2. The lowest BCUT2D eigenvalue weighted by atomic mass is 9.69. The van der Waals surface area contributed by atoms with Crippen molar-refractivity contribution in [2.75, 3.05) is 0 Å². The smallest absolute Gasteiger partial charge is 0.132 e. The first-order valence-electron chi connectivity index (χ1n) is 12.7. The summed E-state index contributed by atoms with van der Waals surface area (Å²) in [5.74, 6) is 1.86. The molecule has 0 bridgehead atoms. The fraction of sp³-hybridized carbons (Fsp3) is 0.143. The Morgan fingerprint density at radius 1 is 0.500 bits per heavy atom. The number of fused-ring (bicyclic) bond motifs is 5. The van der Waals surface area contributed by atoms with Gasteiger partial charge in [-0.3, -0.25) is 0 Å². The normalized spacial score (nSPS) is 18.4. The van der Waals surface area contributed by atoms with Gasteiger partial charge in [0, 0.05) is 22.0 Å². The van der Waals surface area contributed by atoms with Gasteiger partial charge in [0.15, 0.2) is 0 Å². The van der Waals surface area contributed by atoms with Crippen molar-refractivity contribution in [1.29, 1.82) is 0 Å². The van der Waals surface area contributed by atoms with Gasteiger partial charge in [-0.1, -0.05) is 117 Å². The van der Waals surface area contributed by atoms with Crippen molar-refractivity contribution in [3.8, 4) is 33.8 Å². The fourth-order valence-electron chi connectivity index (χ4n) is 6.59. The Morgan fingerprint density at radius 3 is 1.97 bits per heavy atom. The third-order valence-electron chi connectivity index (χ3n) is 8.41. The van der Waals surface area contributed by atoms with E-state index in [-0.39, 0.29) is 10.8 Å². The number of hydrogen-bond acceptors (Lipinski definition) is 1. The molecule has 1 atom stereocenters. The number of ether oxygens (including phenoxy) is 1. The van der Waals surface area contributed by atoms with Crippen LogP contribution in [0.5, 0.6) is 11.5 Å². The van der Waals surface area contributed by atoms with Crippen LogP contribution in [-0.4, -0.2) is 0 Å². The van der Waals surface area contributed by atoms with Crippen LogP contribution in [0.25, 0.3) is 22.3 Å². The molecule has 0 saturated heterocycles. The van der Waals surface area contributed by atoms with Crippen molar-refractivity contribution in [3.63, 3.8) is 0 Å². The van der Waals surface area contributed by atoms with Gasteiger partial charge in [-0.2, -0.15) is 0 Å². The van der Waals surface area contributed by atoms with E-state index in [0.717, 1.165) is 11.5 Å². The summed E-state index contributed by atoms with van der Waals surface area (Å²) in [5, 5.41) is 0. The summed E-state index contributed by atoms with van der Waals surface area (Å²) in [7, 11) is 0. The second-order valence-electron chi connectivity index (χ2n) is 10.7. The summed E-state index contributed by atoms with van der Waals surface area (Å²) in [4.78, 5) is 0. The highest BCUT2D eigenvalue weighted by molar-refractivity contribution is 5.88. The van der Waals surface area contributed by atoms with E-state index in [1.807, 2.05) is 0 Å². The van der Waals surface area contributed by atoms with Crippen molar-refractivity contribution in [3.05, 3.63) is 143 Å². The molecule has 0 amide bonds. The monoisotopic (exact) mass is 464 g/mol. The highest BCUT2D eigenvalue weighted by atomic mass is 16.5. The molecule has 0 spiro atoms. The van der Waals surface area contributed by atoms with Gasteiger partial charge in [0.2, 0.25) is 0 Å². The molecule has 7 rings (SSSR count). The molecule has 1 heteroatoms. The van der Waals surface area contributed by atoms with Crippen molar-refractivity contribution < 1.29 is 4.74 Å². The molecule has 0 aromatic heterocycles. The molecule has 1 nitrogen and oxygen atoms in total. The molecule has 0 fully saturated rings. The van der Waals surface area contributed by atoms with E-state index in [9.17, 15) is 0 Å². The maximum atomic E-state index is 6.59. The van der Waals surface area contributed by atoms with Crippen LogP contribution < -0.4 is 4.74 Å². The molecule has 5 aromatic carbocycles. The lowest BCUT2D eigenvalue weighted by Crippen LogP contribution is -2.29. The summed E-state index contributed by atoms with van der Waals surface area (Å²) in [6, 6.07) is 41.6. The molecule has 174 valence electrons. The number of para-hydroxylation sites is 1. The number of rotatable bonds is 2. The zero-order valence-electron chi connectivity index (χ0n) is 20.9. The predicted molar refractivity (Wildman–Crippen MR) is 148 cm³/mol. The molecule has 0 N–H and O–H groups in total. The third kappa shape index (κ3) is 2.77. The predicted octanol–water partition coefficient (Wildman–Crippen LogP) is 9.12. The van der Waals surface area contributed by atoms with Crippen LogP contribution >= 0.6 is 0 Å². The second-order valence-corrected chi connectivity index (χ2v) is 10.7. The Morgan fingerprint density at radius 2 is 1.14 bits per heavy atom. The quantitative estimate of drug-likeness (QED) is 0.253. The Balaban J connectivity index is 1.44. The minimum atomic E-state index is -0.294. The lowest BCUT2D eigenvalue weighted by Gasteiger charge is -2.38. The second kappa shape index (κ2) is 7.45. The summed E-state index contributed by atoms with van der Waals surface area (Å²) in [6.45, 7) is 7.01. The highest BCUT2D eigenvalue weighted by Gasteiger charge is 2.41. The first-order chi connectivity index (χ1) is 17.5. The van der Waals surface area contributed by atoms with E-state index in [2.05, 4.69) is 136 Å². The molecule has 36 heavy (non-hydrogen) atoms. The zero-order chi connectivity index (χ0) is 24.5. The number of benzene rings is 5. The molecule has 1 heterocycles. The summed E-state index contributed by atoms with van der Waals surface area (Å²) in [6.07, 6.45) is 0. The van der Waals surface area contributed by atoms with Crippen LogP contribution in [0.1, 0.15) is 48.6 Å². The van der Waals surface area contributed by atoms with Crippen LogP contribution in [-0.2, 0) is 10.8 Å². The van der Waals surface area contributed by atoms with Crippen molar-refractivity contribution in [1.82, 2.24) is 0 Å². The van der Waals surface area contributed by atoms with E-state index in [1.54, 1.807) is 0 Å². The minimum absolute atomic E-state index is 0.0650. The Bertz CT molecular complexity index is 1640. The van der Waals surface area contributed by atoms with E-state index in [1.165, 1.54) is 50.1 Å². The van der Waals surface area contributed by atoms with E-state index < -0.39 is 0 Å². The fourth-order valence-corrected chi connectivity index (χ4v) is 6.59. The topological polar surface area (TPSA) is 9.23 Å². The Hall–Kier alpha value is -4.10. The average Bonchev–Trinajstić information content (AvgIpc) is 3.16. The first-order valence-corrected chi connectivity index (χ1v) is 12.7. The van der Waals surface area contributed by atoms with Crippen LogP contribution in [0.15, 0.2) is 115 Å². The maximum Gasteiger partial charge on any atom is 0.132 e. The van der Waals surface area contributed by atoms with Gasteiger partial charge in [-0.05, 0) is 58.0 Å². The van der Waals surface area contributed by atoms with Gasteiger partial charge < -0.3 is 4.74 Å². The number of hydrogen-bond donors (Lipinski definition) is 0. The van der Waals surface area contributed by atoms with Crippen LogP contribution in [0.4, 0.5) is 0 Å². The van der Waals surface area contributed by atoms with Crippen molar-refractivity contribution >= 4 is 0 Å². The van der Waals surface area contributed by atoms with Crippen molar-refractivity contribution in [2.24, 2.45) is 0 Å². The van der Waals surface area contributed by atoms with Gasteiger partial charge in [0.05, 0.1) is 0 Å². The van der Waals surface area contributed by atoms with Gasteiger partial charge in [0.25, 0.3) is 0 Å². The van der Waals surface area contributed by atoms with Crippen LogP contribution in [0.3, 0.4) is 0 Å². The molecule has 5 aromatic rings. The van der Waals surface area contributed by atoms with Crippen LogP contribution in [0, 0.1) is 0 Å². The van der Waals surface area contributed by atoms with E-state index >= 15 is 0 Å². The summed E-state index contributed by atoms with van der Waals surface area (Å²) in [5.41, 5.74) is 11.3. The Kier molecular flexibility index (Phi) is 4.39. The average molecular weight is 465 g/mol. The maximum absolute atomic E-state index is 6.59. The van der Waals surface area contributed by atoms with Gasteiger partial charge in [-0.25, -0.2) is 0 Å². The van der Waals surface area contributed by atoms with Gasteiger partial charge in [-0.15, -0.1) is 0 Å². The third-order valence-corrected chi connectivity index (χ3v) is 8.41. The molecular weight excluding hydrogens is 436 g/mol. The molecule has 1 unspecified atom stereocenters. The van der Waals surface area contributed by atoms with Crippen molar-refractivity contribution in [2.45, 2.75) is 31.6 Å². The summed E-state index contributed by atoms with van der Waals surface area (Å²) < 4.78 is 6.59. The molecule has 1 aliphatic carbocycles. The Labute approximate surface area is 213 Å². The molecule has 1 aliphatic heterocycles. The standard InChI is InChI=1S/C35H28O/c1-34(2)28-17-8-7-14-26(28)27-16-11-15-25(33(27)34)23-20-21-30-32(22-23)36-31-19-10-9-18-29(31)35(30,3)24-12-5-4-6-13-24/h4-22H,1-3H3. The largest absolute Gasteiger partial charge is 0.457 e.